The molecule has 1 atom stereocenters. The van der Waals surface area contributed by atoms with Crippen molar-refractivity contribution in [3.63, 3.8) is 0 Å². The molecule has 1 amide bonds. The van der Waals surface area contributed by atoms with Crippen molar-refractivity contribution in [3.8, 4) is 0 Å². The molecule has 1 aliphatic heterocycles. The summed E-state index contributed by atoms with van der Waals surface area (Å²) in [5.41, 5.74) is 0. The van der Waals surface area contributed by atoms with Crippen molar-refractivity contribution < 1.29 is 4.79 Å². The van der Waals surface area contributed by atoms with E-state index in [-0.39, 0.29) is 5.91 Å². The SMILES string of the molecule is CCC1NCC(=O)N1CC1CC1. The normalized spacial score (nSPS) is 29.9. The minimum atomic E-state index is 0.286. The van der Waals surface area contributed by atoms with Crippen LogP contribution in [0, 0.1) is 5.92 Å². The number of rotatable bonds is 3. The van der Waals surface area contributed by atoms with Crippen LogP contribution in [-0.2, 0) is 4.79 Å². The quantitative estimate of drug-likeness (QED) is 0.668. The zero-order valence-electron chi connectivity index (χ0n) is 7.55. The molecule has 0 radical (unpaired) electrons. The fourth-order valence-electron chi connectivity index (χ4n) is 1.76. The second kappa shape index (κ2) is 3.05. The first-order valence-corrected chi connectivity index (χ1v) is 4.84. The zero-order chi connectivity index (χ0) is 8.55. The average molecular weight is 168 g/mol. The summed E-state index contributed by atoms with van der Waals surface area (Å²) in [6.07, 6.45) is 3.98. The summed E-state index contributed by atoms with van der Waals surface area (Å²) in [5, 5.41) is 3.22. The molecule has 0 aromatic heterocycles. The van der Waals surface area contributed by atoms with Gasteiger partial charge in [0.25, 0.3) is 0 Å². The number of hydrogen-bond acceptors (Lipinski definition) is 2. The van der Waals surface area contributed by atoms with Crippen molar-refractivity contribution in [3.05, 3.63) is 0 Å². The molecule has 3 heteroatoms. The van der Waals surface area contributed by atoms with Gasteiger partial charge < -0.3 is 4.90 Å². The maximum absolute atomic E-state index is 11.4. The number of amides is 1. The molecule has 1 unspecified atom stereocenters. The summed E-state index contributed by atoms with van der Waals surface area (Å²) in [5.74, 6) is 1.09. The molecular formula is C9H16N2O. The van der Waals surface area contributed by atoms with Crippen LogP contribution in [0.15, 0.2) is 0 Å². The van der Waals surface area contributed by atoms with Crippen LogP contribution in [0.1, 0.15) is 26.2 Å². The van der Waals surface area contributed by atoms with Gasteiger partial charge in [0.1, 0.15) is 0 Å². The first-order chi connectivity index (χ1) is 5.81. The third kappa shape index (κ3) is 1.46. The summed E-state index contributed by atoms with van der Waals surface area (Å²) in [4.78, 5) is 13.4. The van der Waals surface area contributed by atoms with Crippen LogP contribution in [0.2, 0.25) is 0 Å². The van der Waals surface area contributed by atoms with Gasteiger partial charge in [-0.2, -0.15) is 0 Å². The van der Waals surface area contributed by atoms with Crippen LogP contribution >= 0.6 is 0 Å². The monoisotopic (exact) mass is 168 g/mol. The smallest absolute Gasteiger partial charge is 0.237 e. The Labute approximate surface area is 73.1 Å². The Hall–Kier alpha value is -0.570. The first-order valence-electron chi connectivity index (χ1n) is 4.84. The molecule has 3 nitrogen and oxygen atoms in total. The standard InChI is InChI=1S/C9H16N2O/c1-2-8-10-5-9(12)11(8)6-7-3-4-7/h7-8,10H,2-6H2,1H3. The summed E-state index contributed by atoms with van der Waals surface area (Å²) >= 11 is 0. The average Bonchev–Trinajstić information content (AvgIpc) is 2.80. The minimum Gasteiger partial charge on any atom is -0.326 e. The zero-order valence-corrected chi connectivity index (χ0v) is 7.55. The fourth-order valence-corrected chi connectivity index (χ4v) is 1.76. The highest BCUT2D eigenvalue weighted by Gasteiger charge is 2.33. The molecule has 1 N–H and O–H groups in total. The van der Waals surface area contributed by atoms with Gasteiger partial charge >= 0.3 is 0 Å². The molecule has 1 aliphatic carbocycles. The maximum atomic E-state index is 11.4. The lowest BCUT2D eigenvalue weighted by Gasteiger charge is -2.22. The molecule has 1 saturated carbocycles. The summed E-state index contributed by atoms with van der Waals surface area (Å²) < 4.78 is 0. The van der Waals surface area contributed by atoms with Gasteiger partial charge in [-0.3, -0.25) is 10.1 Å². The molecule has 0 bridgehead atoms. The highest BCUT2D eigenvalue weighted by Crippen LogP contribution is 2.30. The molecule has 1 saturated heterocycles. The van der Waals surface area contributed by atoms with E-state index in [9.17, 15) is 4.79 Å². The van der Waals surface area contributed by atoms with E-state index in [0.717, 1.165) is 18.9 Å². The predicted octanol–water partition coefficient (Wildman–Crippen LogP) is 0.564. The molecule has 2 rings (SSSR count). The van der Waals surface area contributed by atoms with E-state index < -0.39 is 0 Å². The van der Waals surface area contributed by atoms with Gasteiger partial charge in [0, 0.05) is 6.54 Å². The Morgan fingerprint density at radius 3 is 2.92 bits per heavy atom. The number of nitrogens with zero attached hydrogens (tertiary/aromatic N) is 1. The lowest BCUT2D eigenvalue weighted by molar-refractivity contribution is -0.128. The molecule has 2 aliphatic rings. The van der Waals surface area contributed by atoms with E-state index in [0.29, 0.717) is 12.7 Å². The van der Waals surface area contributed by atoms with Crippen molar-refractivity contribution in [1.29, 1.82) is 0 Å². The Balaban J connectivity index is 1.93. The summed E-state index contributed by atoms with van der Waals surface area (Å²) in [7, 11) is 0. The van der Waals surface area contributed by atoms with Crippen LogP contribution in [-0.4, -0.2) is 30.1 Å². The second-order valence-electron chi connectivity index (χ2n) is 3.79. The van der Waals surface area contributed by atoms with Crippen LogP contribution in [0.4, 0.5) is 0 Å². The van der Waals surface area contributed by atoms with E-state index in [1.165, 1.54) is 12.8 Å². The molecule has 1 heterocycles. The van der Waals surface area contributed by atoms with Gasteiger partial charge in [-0.15, -0.1) is 0 Å². The first kappa shape index (κ1) is 8.05. The van der Waals surface area contributed by atoms with Gasteiger partial charge in [0.05, 0.1) is 12.7 Å². The predicted molar refractivity (Wildman–Crippen MR) is 46.5 cm³/mol. The number of carbonyl (C=O) groups is 1. The van der Waals surface area contributed by atoms with Crippen molar-refractivity contribution in [2.24, 2.45) is 5.92 Å². The Morgan fingerprint density at radius 1 is 1.58 bits per heavy atom. The Kier molecular flexibility index (Phi) is 2.05. The van der Waals surface area contributed by atoms with Crippen molar-refractivity contribution in [1.82, 2.24) is 10.2 Å². The lowest BCUT2D eigenvalue weighted by Crippen LogP contribution is -2.38. The molecule has 0 aromatic carbocycles. The molecule has 0 spiro atoms. The highest BCUT2D eigenvalue weighted by atomic mass is 16.2. The van der Waals surface area contributed by atoms with Gasteiger partial charge in [-0.05, 0) is 25.2 Å². The van der Waals surface area contributed by atoms with Crippen molar-refractivity contribution >= 4 is 5.91 Å². The van der Waals surface area contributed by atoms with Gasteiger partial charge in [-0.25, -0.2) is 0 Å². The highest BCUT2D eigenvalue weighted by molar-refractivity contribution is 5.80. The third-order valence-corrected chi connectivity index (χ3v) is 2.72. The Morgan fingerprint density at radius 2 is 2.33 bits per heavy atom. The maximum Gasteiger partial charge on any atom is 0.237 e. The summed E-state index contributed by atoms with van der Waals surface area (Å²) in [6.45, 7) is 3.66. The van der Waals surface area contributed by atoms with Gasteiger partial charge in [0.2, 0.25) is 5.91 Å². The van der Waals surface area contributed by atoms with Crippen LogP contribution in [0.25, 0.3) is 0 Å². The van der Waals surface area contributed by atoms with E-state index in [2.05, 4.69) is 12.2 Å². The Bertz CT molecular complexity index is 189. The molecular weight excluding hydrogens is 152 g/mol. The largest absolute Gasteiger partial charge is 0.326 e. The molecule has 12 heavy (non-hydrogen) atoms. The van der Waals surface area contributed by atoms with Gasteiger partial charge in [-0.1, -0.05) is 6.92 Å². The topological polar surface area (TPSA) is 32.3 Å². The minimum absolute atomic E-state index is 0.286. The number of hydrogen-bond donors (Lipinski definition) is 1. The molecule has 2 fully saturated rings. The molecule has 0 aromatic rings. The third-order valence-electron chi connectivity index (χ3n) is 2.72. The van der Waals surface area contributed by atoms with E-state index >= 15 is 0 Å². The van der Waals surface area contributed by atoms with E-state index in [1.54, 1.807) is 0 Å². The van der Waals surface area contributed by atoms with E-state index in [1.807, 2.05) is 4.90 Å². The van der Waals surface area contributed by atoms with Crippen molar-refractivity contribution in [2.75, 3.05) is 13.1 Å². The summed E-state index contributed by atoms with van der Waals surface area (Å²) in [6, 6.07) is 0. The van der Waals surface area contributed by atoms with Gasteiger partial charge in [0.15, 0.2) is 0 Å². The molecule has 68 valence electrons. The fraction of sp³-hybridized carbons (Fsp3) is 0.889. The van der Waals surface area contributed by atoms with Crippen LogP contribution in [0.5, 0.6) is 0 Å². The number of carbonyl (C=O) groups excluding carboxylic acids is 1. The number of nitrogens with one attached hydrogen (secondary N) is 1. The van der Waals surface area contributed by atoms with E-state index in [4.69, 9.17) is 0 Å². The van der Waals surface area contributed by atoms with Crippen LogP contribution < -0.4 is 5.32 Å². The van der Waals surface area contributed by atoms with Crippen LogP contribution in [0.3, 0.4) is 0 Å². The van der Waals surface area contributed by atoms with Crippen molar-refractivity contribution in [2.45, 2.75) is 32.4 Å². The lowest BCUT2D eigenvalue weighted by atomic mass is 10.3. The second-order valence-corrected chi connectivity index (χ2v) is 3.79.